The third-order valence-corrected chi connectivity index (χ3v) is 2.78. The fraction of sp³-hybridized carbons (Fsp3) is 0.545. The van der Waals surface area contributed by atoms with Crippen molar-refractivity contribution in [3.05, 3.63) is 34.5 Å². The van der Waals surface area contributed by atoms with Crippen molar-refractivity contribution in [1.82, 2.24) is 9.55 Å². The van der Waals surface area contributed by atoms with Gasteiger partial charge in [0.15, 0.2) is 0 Å². The van der Waals surface area contributed by atoms with Gasteiger partial charge >= 0.3 is 5.69 Å². The van der Waals surface area contributed by atoms with Crippen LogP contribution in [0.3, 0.4) is 0 Å². The minimum absolute atomic E-state index is 0.00131. The van der Waals surface area contributed by atoms with E-state index in [1.807, 2.05) is 6.20 Å². The van der Waals surface area contributed by atoms with E-state index in [-0.39, 0.29) is 5.69 Å². The number of hydrogen-bond acceptors (Lipinski definition) is 1. The number of imidazole rings is 1. The van der Waals surface area contributed by atoms with Crippen LogP contribution in [-0.4, -0.2) is 9.55 Å². The molecule has 0 atom stereocenters. The molecule has 3 nitrogen and oxygen atoms in total. The molecule has 1 aliphatic rings. The highest BCUT2D eigenvalue weighted by atomic mass is 16.1. The van der Waals surface area contributed by atoms with Gasteiger partial charge in [-0.2, -0.15) is 0 Å². The van der Waals surface area contributed by atoms with E-state index >= 15 is 0 Å². The lowest BCUT2D eigenvalue weighted by Gasteiger charge is -2.12. The molecule has 0 amide bonds. The van der Waals surface area contributed by atoms with Gasteiger partial charge in [-0.3, -0.25) is 4.57 Å². The molecule has 0 saturated heterocycles. The van der Waals surface area contributed by atoms with Crippen molar-refractivity contribution in [3.8, 4) is 0 Å². The maximum Gasteiger partial charge on any atom is 0.325 e. The molecule has 1 N–H and O–H groups in total. The summed E-state index contributed by atoms with van der Waals surface area (Å²) in [6, 6.07) is 0. The topological polar surface area (TPSA) is 37.8 Å². The Morgan fingerprint density at radius 2 is 2.36 bits per heavy atom. The summed E-state index contributed by atoms with van der Waals surface area (Å²) in [5.41, 5.74) is 1.52. The number of aryl methyl sites for hydroxylation is 1. The average Bonchev–Trinajstić information content (AvgIpc) is 2.63. The van der Waals surface area contributed by atoms with Gasteiger partial charge in [-0.1, -0.05) is 11.6 Å². The van der Waals surface area contributed by atoms with Gasteiger partial charge < -0.3 is 4.98 Å². The van der Waals surface area contributed by atoms with E-state index in [4.69, 9.17) is 0 Å². The predicted octanol–water partition coefficient (Wildman–Crippen LogP) is 2.07. The highest BCUT2D eigenvalue weighted by Crippen LogP contribution is 2.20. The molecular formula is C11H16N2O. The smallest absolute Gasteiger partial charge is 0.313 e. The van der Waals surface area contributed by atoms with Crippen LogP contribution >= 0.6 is 0 Å². The van der Waals surface area contributed by atoms with Crippen molar-refractivity contribution in [2.45, 2.75) is 38.6 Å². The summed E-state index contributed by atoms with van der Waals surface area (Å²) in [5.74, 6) is 0. The molecule has 0 aliphatic heterocycles. The first-order chi connectivity index (χ1) is 6.86. The second-order valence-corrected chi connectivity index (χ2v) is 3.82. The summed E-state index contributed by atoms with van der Waals surface area (Å²) in [7, 11) is 0. The molecule has 1 aliphatic carbocycles. The first-order valence-electron chi connectivity index (χ1n) is 5.28. The SMILES string of the molecule is O=c1[nH]ccn1CCC1=CCCCC1. The van der Waals surface area contributed by atoms with E-state index in [1.165, 1.54) is 31.3 Å². The second kappa shape index (κ2) is 4.31. The number of rotatable bonds is 3. The quantitative estimate of drug-likeness (QED) is 0.731. The molecule has 76 valence electrons. The van der Waals surface area contributed by atoms with Crippen LogP contribution in [0.15, 0.2) is 28.8 Å². The molecule has 0 bridgehead atoms. The van der Waals surface area contributed by atoms with Crippen molar-refractivity contribution in [1.29, 1.82) is 0 Å². The largest absolute Gasteiger partial charge is 0.325 e. The molecule has 0 fully saturated rings. The summed E-state index contributed by atoms with van der Waals surface area (Å²) < 4.78 is 1.73. The van der Waals surface area contributed by atoms with E-state index < -0.39 is 0 Å². The van der Waals surface area contributed by atoms with Crippen LogP contribution in [0.1, 0.15) is 32.1 Å². The molecule has 2 rings (SSSR count). The van der Waals surface area contributed by atoms with E-state index in [2.05, 4.69) is 11.1 Å². The van der Waals surface area contributed by atoms with Crippen LogP contribution in [0, 0.1) is 0 Å². The van der Waals surface area contributed by atoms with Crippen molar-refractivity contribution in [2.24, 2.45) is 0 Å². The van der Waals surface area contributed by atoms with Crippen molar-refractivity contribution in [3.63, 3.8) is 0 Å². The van der Waals surface area contributed by atoms with Crippen LogP contribution in [0.25, 0.3) is 0 Å². The van der Waals surface area contributed by atoms with Crippen LogP contribution in [0.5, 0.6) is 0 Å². The van der Waals surface area contributed by atoms with Gasteiger partial charge in [-0.05, 0) is 32.1 Å². The van der Waals surface area contributed by atoms with E-state index in [1.54, 1.807) is 10.8 Å². The first kappa shape index (κ1) is 9.31. The van der Waals surface area contributed by atoms with Gasteiger partial charge in [0.2, 0.25) is 0 Å². The summed E-state index contributed by atoms with van der Waals surface area (Å²) in [4.78, 5) is 13.8. The average molecular weight is 192 g/mol. The normalized spacial score (nSPS) is 16.7. The number of nitrogens with one attached hydrogen (secondary N) is 1. The Morgan fingerprint density at radius 3 is 3.00 bits per heavy atom. The summed E-state index contributed by atoms with van der Waals surface area (Å²) in [6.07, 6.45) is 11.9. The monoisotopic (exact) mass is 192 g/mol. The van der Waals surface area contributed by atoms with Gasteiger partial charge in [0.1, 0.15) is 0 Å². The molecule has 0 spiro atoms. The summed E-state index contributed by atoms with van der Waals surface area (Å²) >= 11 is 0. The van der Waals surface area contributed by atoms with E-state index in [0.29, 0.717) is 0 Å². The molecular weight excluding hydrogens is 176 g/mol. The molecule has 0 saturated carbocycles. The molecule has 14 heavy (non-hydrogen) atoms. The van der Waals surface area contributed by atoms with E-state index in [0.717, 1.165) is 13.0 Å². The highest BCUT2D eigenvalue weighted by Gasteiger charge is 2.04. The Kier molecular flexibility index (Phi) is 2.87. The third-order valence-electron chi connectivity index (χ3n) is 2.78. The lowest BCUT2D eigenvalue weighted by atomic mass is 9.97. The summed E-state index contributed by atoms with van der Waals surface area (Å²) in [5, 5.41) is 0. The standard InChI is InChI=1S/C11H16N2O/c14-11-12-7-9-13(11)8-6-10-4-2-1-3-5-10/h4,7,9H,1-3,5-6,8H2,(H,12,14). The lowest BCUT2D eigenvalue weighted by Crippen LogP contribution is -2.16. The number of aromatic amines is 1. The molecule has 3 heteroatoms. The zero-order chi connectivity index (χ0) is 9.80. The van der Waals surface area contributed by atoms with Crippen LogP contribution < -0.4 is 5.69 Å². The number of nitrogens with zero attached hydrogens (tertiary/aromatic N) is 1. The van der Waals surface area contributed by atoms with Gasteiger partial charge in [-0.15, -0.1) is 0 Å². The minimum atomic E-state index is 0.00131. The van der Waals surface area contributed by atoms with Crippen LogP contribution in [0.2, 0.25) is 0 Å². The Morgan fingerprint density at radius 1 is 1.43 bits per heavy atom. The molecule has 0 radical (unpaired) electrons. The van der Waals surface area contributed by atoms with Gasteiger partial charge in [-0.25, -0.2) is 4.79 Å². The van der Waals surface area contributed by atoms with E-state index in [9.17, 15) is 4.79 Å². The van der Waals surface area contributed by atoms with Crippen LogP contribution in [0.4, 0.5) is 0 Å². The Labute approximate surface area is 83.5 Å². The number of hydrogen-bond donors (Lipinski definition) is 1. The van der Waals surface area contributed by atoms with Gasteiger partial charge in [0.05, 0.1) is 0 Å². The fourth-order valence-corrected chi connectivity index (χ4v) is 1.92. The lowest BCUT2D eigenvalue weighted by molar-refractivity contribution is 0.615. The predicted molar refractivity (Wildman–Crippen MR) is 56.2 cm³/mol. The number of aromatic nitrogens is 2. The third kappa shape index (κ3) is 2.16. The molecule has 0 aromatic carbocycles. The number of H-pyrrole nitrogens is 1. The van der Waals surface area contributed by atoms with Crippen molar-refractivity contribution in [2.75, 3.05) is 0 Å². The van der Waals surface area contributed by atoms with Crippen molar-refractivity contribution < 1.29 is 0 Å². The summed E-state index contributed by atoms with van der Waals surface area (Å²) in [6.45, 7) is 0.814. The van der Waals surface area contributed by atoms with Crippen molar-refractivity contribution >= 4 is 0 Å². The Hall–Kier alpha value is -1.25. The second-order valence-electron chi connectivity index (χ2n) is 3.82. The number of allylic oxidation sites excluding steroid dienone is 2. The maximum atomic E-state index is 11.2. The Balaban J connectivity index is 1.91. The highest BCUT2D eigenvalue weighted by molar-refractivity contribution is 5.04. The minimum Gasteiger partial charge on any atom is -0.313 e. The Bertz CT molecular complexity index is 373. The first-order valence-corrected chi connectivity index (χ1v) is 5.28. The molecule has 1 heterocycles. The van der Waals surface area contributed by atoms with Gasteiger partial charge in [0, 0.05) is 18.9 Å². The van der Waals surface area contributed by atoms with Crippen LogP contribution in [-0.2, 0) is 6.54 Å². The molecule has 0 unspecified atom stereocenters. The maximum absolute atomic E-state index is 11.2. The zero-order valence-corrected chi connectivity index (χ0v) is 8.33. The molecule has 1 aromatic rings. The fourth-order valence-electron chi connectivity index (χ4n) is 1.92. The molecule has 1 aromatic heterocycles. The van der Waals surface area contributed by atoms with Gasteiger partial charge in [0.25, 0.3) is 0 Å². The zero-order valence-electron chi connectivity index (χ0n) is 8.33.